The van der Waals surface area contributed by atoms with Crippen LogP contribution in [-0.2, 0) is 6.54 Å². The molecule has 2 aromatic rings. The Labute approximate surface area is 126 Å². The van der Waals surface area contributed by atoms with Crippen LogP contribution in [0.4, 0.5) is 0 Å². The number of hydrogen-bond acceptors (Lipinski definition) is 3. The lowest BCUT2D eigenvalue weighted by Gasteiger charge is -2.37. The number of ether oxygens (including phenoxy) is 1. The van der Waals surface area contributed by atoms with E-state index in [0.29, 0.717) is 6.61 Å². The van der Waals surface area contributed by atoms with Crippen molar-refractivity contribution in [2.24, 2.45) is 5.73 Å². The molecule has 0 fully saturated rings. The molecule has 2 unspecified atom stereocenters. The molecule has 0 radical (unpaired) electrons. The summed E-state index contributed by atoms with van der Waals surface area (Å²) in [6.07, 6.45) is 0. The van der Waals surface area contributed by atoms with E-state index >= 15 is 0 Å². The molecule has 2 aromatic carbocycles. The summed E-state index contributed by atoms with van der Waals surface area (Å²) >= 11 is 0. The monoisotopic (exact) mass is 282 g/mol. The van der Waals surface area contributed by atoms with Gasteiger partial charge in [0.25, 0.3) is 0 Å². The largest absolute Gasteiger partial charge is 0.492 e. The van der Waals surface area contributed by atoms with Gasteiger partial charge in [-0.1, -0.05) is 48.0 Å². The first-order valence-corrected chi connectivity index (χ1v) is 7.38. The standard InChI is InChI=1S/C18H22N2O/c1-13-6-5-7-14(10-13)11-20(2)16-12-21-17-9-4-3-8-15(17)18(16)19/h3-10,16,18H,11-12,19H2,1-2H3. The lowest BCUT2D eigenvalue weighted by Crippen LogP contribution is -2.46. The van der Waals surface area contributed by atoms with E-state index in [9.17, 15) is 0 Å². The zero-order valence-corrected chi connectivity index (χ0v) is 12.6. The quantitative estimate of drug-likeness (QED) is 0.940. The van der Waals surface area contributed by atoms with Crippen molar-refractivity contribution in [1.29, 1.82) is 0 Å². The highest BCUT2D eigenvalue weighted by Gasteiger charge is 2.30. The Bertz CT molecular complexity index is 626. The summed E-state index contributed by atoms with van der Waals surface area (Å²) in [7, 11) is 2.12. The van der Waals surface area contributed by atoms with Crippen LogP contribution in [0.3, 0.4) is 0 Å². The highest BCUT2D eigenvalue weighted by molar-refractivity contribution is 5.38. The van der Waals surface area contributed by atoms with Crippen molar-refractivity contribution in [3.63, 3.8) is 0 Å². The summed E-state index contributed by atoms with van der Waals surface area (Å²) in [5.41, 5.74) is 10.2. The molecule has 3 nitrogen and oxygen atoms in total. The Hall–Kier alpha value is -1.84. The fourth-order valence-electron chi connectivity index (χ4n) is 2.99. The van der Waals surface area contributed by atoms with Crippen LogP contribution in [0.15, 0.2) is 48.5 Å². The number of fused-ring (bicyclic) bond motifs is 1. The summed E-state index contributed by atoms with van der Waals surface area (Å²) in [4.78, 5) is 2.29. The molecule has 0 saturated heterocycles. The van der Waals surface area contributed by atoms with Crippen LogP contribution in [0.2, 0.25) is 0 Å². The van der Waals surface area contributed by atoms with Gasteiger partial charge in [0.15, 0.2) is 0 Å². The molecule has 0 saturated carbocycles. The smallest absolute Gasteiger partial charge is 0.124 e. The lowest BCUT2D eigenvalue weighted by atomic mass is 9.96. The molecular formula is C18H22N2O. The molecule has 3 heteroatoms. The van der Waals surface area contributed by atoms with E-state index in [1.54, 1.807) is 0 Å². The van der Waals surface area contributed by atoms with Gasteiger partial charge in [-0.3, -0.25) is 4.90 Å². The lowest BCUT2D eigenvalue weighted by molar-refractivity contribution is 0.114. The van der Waals surface area contributed by atoms with E-state index in [1.807, 2.05) is 18.2 Å². The minimum Gasteiger partial charge on any atom is -0.492 e. The summed E-state index contributed by atoms with van der Waals surface area (Å²) in [6, 6.07) is 16.9. The van der Waals surface area contributed by atoms with Gasteiger partial charge in [0.05, 0.1) is 12.1 Å². The zero-order chi connectivity index (χ0) is 14.8. The third-order valence-electron chi connectivity index (χ3n) is 4.18. The van der Waals surface area contributed by atoms with Crippen molar-refractivity contribution < 1.29 is 4.74 Å². The van der Waals surface area contributed by atoms with Crippen LogP contribution >= 0.6 is 0 Å². The van der Waals surface area contributed by atoms with E-state index in [0.717, 1.165) is 17.9 Å². The molecule has 21 heavy (non-hydrogen) atoms. The van der Waals surface area contributed by atoms with Crippen LogP contribution in [-0.4, -0.2) is 24.6 Å². The molecule has 2 N–H and O–H groups in total. The molecule has 0 spiro atoms. The SMILES string of the molecule is Cc1cccc(CN(C)C2COc3ccccc3C2N)c1. The minimum atomic E-state index is -0.00948. The number of likely N-dealkylation sites (N-methyl/N-ethyl adjacent to an activating group) is 1. The van der Waals surface area contributed by atoms with Gasteiger partial charge in [0.2, 0.25) is 0 Å². The fraction of sp³-hybridized carbons (Fsp3) is 0.333. The predicted octanol–water partition coefficient (Wildman–Crippen LogP) is 2.89. The van der Waals surface area contributed by atoms with Crippen LogP contribution < -0.4 is 10.5 Å². The van der Waals surface area contributed by atoms with E-state index < -0.39 is 0 Å². The number of para-hydroxylation sites is 1. The predicted molar refractivity (Wildman–Crippen MR) is 85.3 cm³/mol. The number of nitrogens with two attached hydrogens (primary N) is 1. The van der Waals surface area contributed by atoms with E-state index in [4.69, 9.17) is 10.5 Å². The van der Waals surface area contributed by atoms with Crippen LogP contribution in [0.1, 0.15) is 22.7 Å². The van der Waals surface area contributed by atoms with Gasteiger partial charge in [0, 0.05) is 12.1 Å². The maximum Gasteiger partial charge on any atom is 0.124 e. The molecule has 110 valence electrons. The number of benzene rings is 2. The summed E-state index contributed by atoms with van der Waals surface area (Å²) < 4.78 is 5.87. The normalized spacial score (nSPS) is 21.0. The summed E-state index contributed by atoms with van der Waals surface area (Å²) in [5.74, 6) is 0.921. The van der Waals surface area contributed by atoms with Gasteiger partial charge in [-0.05, 0) is 25.6 Å². The van der Waals surface area contributed by atoms with E-state index in [2.05, 4.69) is 49.2 Å². The van der Waals surface area contributed by atoms with Gasteiger partial charge >= 0.3 is 0 Å². The highest BCUT2D eigenvalue weighted by Crippen LogP contribution is 2.32. The first kappa shape index (κ1) is 14.1. The van der Waals surface area contributed by atoms with Crippen LogP contribution in [0.25, 0.3) is 0 Å². The molecule has 1 aliphatic rings. The summed E-state index contributed by atoms with van der Waals surface area (Å²) in [5, 5.41) is 0. The van der Waals surface area contributed by atoms with Crippen LogP contribution in [0, 0.1) is 6.92 Å². The Morgan fingerprint density at radius 2 is 2.00 bits per heavy atom. The van der Waals surface area contributed by atoms with Gasteiger partial charge in [0.1, 0.15) is 12.4 Å². The average molecular weight is 282 g/mol. The van der Waals surface area contributed by atoms with Crippen LogP contribution in [0.5, 0.6) is 5.75 Å². The van der Waals surface area contributed by atoms with Crippen molar-refractivity contribution in [2.75, 3.05) is 13.7 Å². The highest BCUT2D eigenvalue weighted by atomic mass is 16.5. The van der Waals surface area contributed by atoms with Crippen molar-refractivity contribution >= 4 is 0 Å². The molecule has 1 heterocycles. The third kappa shape index (κ3) is 2.94. The third-order valence-corrected chi connectivity index (χ3v) is 4.18. The molecule has 0 amide bonds. The molecule has 1 aliphatic heterocycles. The van der Waals surface area contributed by atoms with Gasteiger partial charge in [-0.2, -0.15) is 0 Å². The molecule has 0 aromatic heterocycles. The molecular weight excluding hydrogens is 260 g/mol. The van der Waals surface area contributed by atoms with Gasteiger partial charge in [-0.15, -0.1) is 0 Å². The Kier molecular flexibility index (Phi) is 3.95. The second kappa shape index (κ2) is 5.88. The fourth-order valence-corrected chi connectivity index (χ4v) is 2.99. The topological polar surface area (TPSA) is 38.5 Å². The molecule has 0 bridgehead atoms. The maximum atomic E-state index is 6.45. The Morgan fingerprint density at radius 3 is 2.81 bits per heavy atom. The van der Waals surface area contributed by atoms with Crippen molar-refractivity contribution in [1.82, 2.24) is 4.90 Å². The number of nitrogens with zero attached hydrogens (tertiary/aromatic N) is 1. The summed E-state index contributed by atoms with van der Waals surface area (Å²) in [6.45, 7) is 3.64. The second-order valence-corrected chi connectivity index (χ2v) is 5.85. The Morgan fingerprint density at radius 1 is 1.19 bits per heavy atom. The molecule has 3 rings (SSSR count). The number of rotatable bonds is 3. The Balaban J connectivity index is 1.75. The number of aryl methyl sites for hydroxylation is 1. The number of hydrogen-bond donors (Lipinski definition) is 1. The second-order valence-electron chi connectivity index (χ2n) is 5.85. The van der Waals surface area contributed by atoms with Gasteiger partial charge < -0.3 is 10.5 Å². The van der Waals surface area contributed by atoms with Gasteiger partial charge in [-0.25, -0.2) is 0 Å². The zero-order valence-electron chi connectivity index (χ0n) is 12.6. The van der Waals surface area contributed by atoms with Crippen molar-refractivity contribution in [2.45, 2.75) is 25.6 Å². The maximum absolute atomic E-state index is 6.45. The molecule has 0 aliphatic carbocycles. The average Bonchev–Trinajstić information content (AvgIpc) is 2.48. The first-order chi connectivity index (χ1) is 10.1. The first-order valence-electron chi connectivity index (χ1n) is 7.38. The van der Waals surface area contributed by atoms with Crippen molar-refractivity contribution in [3.05, 3.63) is 65.2 Å². The molecule has 2 atom stereocenters. The minimum absolute atomic E-state index is 0.00948. The van der Waals surface area contributed by atoms with E-state index in [1.165, 1.54) is 11.1 Å². The van der Waals surface area contributed by atoms with Crippen molar-refractivity contribution in [3.8, 4) is 5.75 Å². The van der Waals surface area contributed by atoms with E-state index in [-0.39, 0.29) is 12.1 Å².